The van der Waals surface area contributed by atoms with Crippen LogP contribution >= 0.6 is 0 Å². The maximum absolute atomic E-state index is 12.4. The second-order valence-corrected chi connectivity index (χ2v) is 6.28. The van der Waals surface area contributed by atoms with Gasteiger partial charge in [-0.05, 0) is 35.1 Å². The average Bonchev–Trinajstić information content (AvgIpc) is 2.93. The Hall–Kier alpha value is -2.70. The molecule has 0 saturated heterocycles. The smallest absolute Gasteiger partial charge is 0.407 e. The van der Waals surface area contributed by atoms with Crippen molar-refractivity contribution in [2.75, 3.05) is 6.61 Å². The number of nitrogens with one attached hydrogen (secondary N) is 1. The molecule has 26 heavy (non-hydrogen) atoms. The average molecular weight is 363 g/mol. The molecule has 2 atom stereocenters. The molecule has 0 spiro atoms. The van der Waals surface area contributed by atoms with E-state index < -0.39 is 31.0 Å². The number of ether oxygens (including phenoxy) is 1. The first kappa shape index (κ1) is 18.1. The van der Waals surface area contributed by atoms with E-state index in [1.807, 2.05) is 35.7 Å². The van der Waals surface area contributed by atoms with E-state index >= 15 is 0 Å². The molecular weight excluding hydrogens is 344 g/mol. The summed E-state index contributed by atoms with van der Waals surface area (Å²) in [7, 11) is 0. The summed E-state index contributed by atoms with van der Waals surface area (Å²) in [5.41, 5.74) is 4.52. The first-order valence-corrected chi connectivity index (χ1v) is 8.40. The van der Waals surface area contributed by atoms with E-state index in [1.54, 1.807) is 0 Å². The van der Waals surface area contributed by atoms with E-state index in [0.29, 0.717) is 0 Å². The normalized spacial score (nSPS) is 19.1. The zero-order valence-corrected chi connectivity index (χ0v) is 14.0. The lowest BCUT2D eigenvalue weighted by molar-refractivity contribution is -0.140. The summed E-state index contributed by atoms with van der Waals surface area (Å²) in [4.78, 5) is 22.9. The largest absolute Gasteiger partial charge is 0.480 e. The van der Waals surface area contributed by atoms with Gasteiger partial charge in [-0.25, -0.2) is 18.4 Å². The number of carbonyl (C=O) groups is 2. The minimum absolute atomic E-state index is 0.0209. The zero-order chi connectivity index (χ0) is 18.7. The van der Waals surface area contributed by atoms with Gasteiger partial charge in [0.2, 0.25) is 6.43 Å². The third-order valence-corrected chi connectivity index (χ3v) is 4.63. The summed E-state index contributed by atoms with van der Waals surface area (Å²) >= 11 is 0. The molecule has 2 aliphatic rings. The number of alkyl carbamates (subject to hydrolysis) is 1. The molecule has 2 aliphatic carbocycles. The first-order chi connectivity index (χ1) is 12.5. The van der Waals surface area contributed by atoms with Gasteiger partial charge in [0.05, 0.1) is 0 Å². The van der Waals surface area contributed by atoms with E-state index in [9.17, 15) is 18.4 Å². The highest BCUT2D eigenvalue weighted by Crippen LogP contribution is 2.46. The zero-order valence-electron chi connectivity index (χ0n) is 14.0. The van der Waals surface area contributed by atoms with Gasteiger partial charge in [-0.3, -0.25) is 0 Å². The van der Waals surface area contributed by atoms with Crippen LogP contribution in [0.1, 0.15) is 36.3 Å². The van der Waals surface area contributed by atoms with Gasteiger partial charge in [0.25, 0.3) is 0 Å². The summed E-state index contributed by atoms with van der Waals surface area (Å²) in [5.74, 6) is -1.66. The highest BCUT2D eigenvalue weighted by atomic mass is 19.3. The molecular formula is C19H19F2NO4. The molecule has 3 rings (SSSR count). The molecule has 5 nitrogen and oxygen atoms in total. The van der Waals surface area contributed by atoms with Gasteiger partial charge >= 0.3 is 12.1 Å². The number of carboxylic acid groups (broad SMARTS) is 1. The van der Waals surface area contributed by atoms with Crippen molar-refractivity contribution in [3.8, 4) is 0 Å². The van der Waals surface area contributed by atoms with E-state index in [4.69, 9.17) is 9.84 Å². The summed E-state index contributed by atoms with van der Waals surface area (Å²) in [5, 5.41) is 10.9. The Morgan fingerprint density at radius 2 is 2.08 bits per heavy atom. The predicted molar refractivity (Wildman–Crippen MR) is 91.0 cm³/mol. The highest BCUT2D eigenvalue weighted by molar-refractivity contribution is 5.82. The predicted octanol–water partition coefficient (Wildman–Crippen LogP) is 3.72. The van der Waals surface area contributed by atoms with Crippen LogP contribution in [0.5, 0.6) is 0 Å². The molecule has 0 radical (unpaired) electrons. The Kier molecular flexibility index (Phi) is 5.35. The van der Waals surface area contributed by atoms with Gasteiger partial charge in [0, 0.05) is 12.3 Å². The van der Waals surface area contributed by atoms with Crippen molar-refractivity contribution in [1.82, 2.24) is 5.32 Å². The van der Waals surface area contributed by atoms with Crippen LogP contribution in [0.25, 0.3) is 5.57 Å². The number of hydrogen-bond acceptors (Lipinski definition) is 3. The molecule has 0 aromatic heterocycles. The number of allylic oxidation sites excluding steroid dienone is 3. The minimum Gasteiger partial charge on any atom is -0.480 e. The number of benzene rings is 1. The van der Waals surface area contributed by atoms with Crippen LogP contribution in [-0.2, 0) is 9.53 Å². The molecule has 1 aromatic carbocycles. The number of carbonyl (C=O) groups excluding carboxylic acids is 1. The second kappa shape index (κ2) is 7.68. The van der Waals surface area contributed by atoms with E-state index in [2.05, 4.69) is 6.08 Å². The summed E-state index contributed by atoms with van der Waals surface area (Å²) in [6.07, 6.45) is 1.16. The number of carboxylic acids is 1. The Balaban J connectivity index is 1.67. The molecule has 0 saturated carbocycles. The number of fused-ring (bicyclic) bond motifs is 2. The molecule has 0 aliphatic heterocycles. The quantitative estimate of drug-likeness (QED) is 0.808. The maximum Gasteiger partial charge on any atom is 0.407 e. The van der Waals surface area contributed by atoms with Crippen molar-refractivity contribution in [3.05, 3.63) is 53.1 Å². The topological polar surface area (TPSA) is 75.6 Å². The van der Waals surface area contributed by atoms with Crippen molar-refractivity contribution in [2.24, 2.45) is 0 Å². The Morgan fingerprint density at radius 1 is 1.31 bits per heavy atom. The van der Waals surface area contributed by atoms with Crippen LogP contribution in [0.15, 0.2) is 42.0 Å². The third-order valence-electron chi connectivity index (χ3n) is 4.63. The van der Waals surface area contributed by atoms with Crippen LogP contribution in [0.2, 0.25) is 0 Å². The standard InChI is InChI=1S/C19H19F2NO4/c20-17(21)9-16(18(23)24)22-19(25)26-10-15-13-7-3-1-5-11(13)12-6-2-4-8-14(12)15/h1,3-5,7-8,15-17H,2,6,9-10H2,(H,22,25)(H,23,24)/t15?,16-/m0/s1. The molecule has 0 heterocycles. The Labute approximate surface area is 149 Å². The monoisotopic (exact) mass is 363 g/mol. The lowest BCUT2D eigenvalue weighted by atomic mass is 9.93. The van der Waals surface area contributed by atoms with Crippen LogP contribution in [-0.4, -0.2) is 36.2 Å². The van der Waals surface area contributed by atoms with Crippen molar-refractivity contribution < 1.29 is 28.2 Å². The summed E-state index contributed by atoms with van der Waals surface area (Å²) in [6, 6.07) is 6.20. The fourth-order valence-electron chi connectivity index (χ4n) is 3.46. The summed E-state index contributed by atoms with van der Waals surface area (Å²) < 4.78 is 30.0. The van der Waals surface area contributed by atoms with E-state index in [1.165, 1.54) is 5.57 Å². The molecule has 7 heteroatoms. The molecule has 0 fully saturated rings. The van der Waals surface area contributed by atoms with Gasteiger partial charge in [-0.2, -0.15) is 0 Å². The first-order valence-electron chi connectivity index (χ1n) is 8.40. The van der Waals surface area contributed by atoms with Gasteiger partial charge in [0.1, 0.15) is 12.6 Å². The number of hydrogen-bond donors (Lipinski definition) is 2. The number of alkyl halides is 2. The van der Waals surface area contributed by atoms with Crippen molar-refractivity contribution in [3.63, 3.8) is 0 Å². The van der Waals surface area contributed by atoms with Crippen LogP contribution in [0, 0.1) is 0 Å². The number of amides is 1. The fourth-order valence-corrected chi connectivity index (χ4v) is 3.46. The van der Waals surface area contributed by atoms with Crippen LogP contribution in [0.3, 0.4) is 0 Å². The molecule has 1 aromatic rings. The fraction of sp³-hybridized carbons (Fsp3) is 0.368. The third kappa shape index (κ3) is 3.76. The van der Waals surface area contributed by atoms with Crippen LogP contribution < -0.4 is 5.32 Å². The Bertz CT molecular complexity index is 773. The van der Waals surface area contributed by atoms with E-state index in [0.717, 1.165) is 29.5 Å². The van der Waals surface area contributed by atoms with Gasteiger partial charge < -0.3 is 15.2 Å². The van der Waals surface area contributed by atoms with Gasteiger partial charge in [-0.1, -0.05) is 36.4 Å². The van der Waals surface area contributed by atoms with Crippen molar-refractivity contribution >= 4 is 17.6 Å². The lowest BCUT2D eigenvalue weighted by Gasteiger charge is -2.18. The molecule has 1 unspecified atom stereocenters. The highest BCUT2D eigenvalue weighted by Gasteiger charge is 2.32. The maximum atomic E-state index is 12.4. The van der Waals surface area contributed by atoms with Crippen molar-refractivity contribution in [1.29, 1.82) is 0 Å². The number of halogens is 2. The van der Waals surface area contributed by atoms with Gasteiger partial charge in [-0.15, -0.1) is 0 Å². The molecule has 2 N–H and O–H groups in total. The number of aliphatic carboxylic acids is 1. The van der Waals surface area contributed by atoms with Gasteiger partial charge in [0.15, 0.2) is 0 Å². The molecule has 0 bridgehead atoms. The Morgan fingerprint density at radius 3 is 2.81 bits per heavy atom. The van der Waals surface area contributed by atoms with Crippen molar-refractivity contribution in [2.45, 2.75) is 37.6 Å². The SMILES string of the molecule is O=C(N[C@@H](CC(F)F)C(=O)O)OCC1C2=C(CCC=C2)c2ccccc21. The molecule has 1 amide bonds. The van der Waals surface area contributed by atoms with Crippen LogP contribution in [0.4, 0.5) is 13.6 Å². The number of rotatable bonds is 6. The van der Waals surface area contributed by atoms with E-state index in [-0.39, 0.29) is 12.5 Å². The second-order valence-electron chi connectivity index (χ2n) is 6.28. The minimum atomic E-state index is -2.84. The summed E-state index contributed by atoms with van der Waals surface area (Å²) in [6.45, 7) is 0.0209. The molecule has 138 valence electrons. The lowest BCUT2D eigenvalue weighted by Crippen LogP contribution is -2.42.